The molecule has 3 aromatic rings. The maximum absolute atomic E-state index is 12.5. The number of benzene rings is 1. The Balaban J connectivity index is 1.31. The van der Waals surface area contributed by atoms with E-state index in [1.54, 1.807) is 18.6 Å². The predicted molar refractivity (Wildman–Crippen MR) is 117 cm³/mol. The molecule has 0 aliphatic heterocycles. The Morgan fingerprint density at radius 1 is 1.17 bits per heavy atom. The Labute approximate surface area is 177 Å². The van der Waals surface area contributed by atoms with Gasteiger partial charge in [0.05, 0.1) is 22.9 Å². The van der Waals surface area contributed by atoms with Crippen molar-refractivity contribution >= 4 is 11.0 Å². The summed E-state index contributed by atoms with van der Waals surface area (Å²) in [6.45, 7) is 2.72. The van der Waals surface area contributed by atoms with Gasteiger partial charge < -0.3 is 9.72 Å². The van der Waals surface area contributed by atoms with E-state index in [1.165, 1.54) is 32.1 Å². The molecule has 1 fully saturated rings. The highest BCUT2D eigenvalue weighted by molar-refractivity contribution is 5.75. The average molecular weight is 407 g/mol. The summed E-state index contributed by atoms with van der Waals surface area (Å²) in [5.74, 6) is 2.47. The summed E-state index contributed by atoms with van der Waals surface area (Å²) in [4.78, 5) is 28.2. The van der Waals surface area contributed by atoms with Gasteiger partial charge in [-0.05, 0) is 36.8 Å². The van der Waals surface area contributed by atoms with Crippen molar-refractivity contribution in [3.63, 3.8) is 0 Å². The molecule has 0 spiro atoms. The molecular weight excluding hydrogens is 376 g/mol. The number of aromatic amines is 1. The number of aromatic nitrogens is 4. The molecule has 6 heteroatoms. The quantitative estimate of drug-likeness (QED) is 0.515. The molecule has 1 aliphatic rings. The van der Waals surface area contributed by atoms with E-state index in [9.17, 15) is 4.79 Å². The lowest BCUT2D eigenvalue weighted by Gasteiger charge is -2.14. The smallest absolute Gasteiger partial charge is 0.270 e. The molecule has 30 heavy (non-hydrogen) atoms. The zero-order valence-corrected chi connectivity index (χ0v) is 17.6. The standard InChI is InChI=1S/C24H30N4O2/c1-17-6-5-8-18(17)7-3-2-4-9-22-24(29)28-23-14-20(10-11-21(23)27-22)30-16-19-15-25-12-13-26-19/h10-15,17-18H,2-9,16H2,1H3,(H,28,29). The molecule has 2 aromatic heterocycles. The number of H-pyrrole nitrogens is 1. The number of fused-ring (bicyclic) bond motifs is 1. The normalized spacial score (nSPS) is 18.7. The molecule has 2 heterocycles. The number of unbranched alkanes of at least 4 members (excludes halogenated alkanes) is 2. The van der Waals surface area contributed by atoms with Gasteiger partial charge in [-0.1, -0.05) is 45.4 Å². The molecular formula is C24H30N4O2. The van der Waals surface area contributed by atoms with Crippen LogP contribution in [0, 0.1) is 11.8 Å². The van der Waals surface area contributed by atoms with E-state index in [0.29, 0.717) is 23.6 Å². The summed E-state index contributed by atoms with van der Waals surface area (Å²) < 4.78 is 5.76. The maximum atomic E-state index is 12.5. The molecule has 0 radical (unpaired) electrons. The Bertz CT molecular complexity index is 1020. The Morgan fingerprint density at radius 2 is 2.10 bits per heavy atom. The molecule has 1 aromatic carbocycles. The van der Waals surface area contributed by atoms with E-state index in [1.807, 2.05) is 18.2 Å². The highest BCUT2D eigenvalue weighted by atomic mass is 16.5. The van der Waals surface area contributed by atoms with Crippen LogP contribution in [0.25, 0.3) is 11.0 Å². The van der Waals surface area contributed by atoms with Crippen LogP contribution in [0.15, 0.2) is 41.6 Å². The third kappa shape index (κ3) is 5.23. The molecule has 2 unspecified atom stereocenters. The van der Waals surface area contributed by atoms with E-state index in [-0.39, 0.29) is 5.56 Å². The van der Waals surface area contributed by atoms with Crippen molar-refractivity contribution in [3.8, 4) is 5.75 Å². The summed E-state index contributed by atoms with van der Waals surface area (Å²) in [6.07, 6.45) is 14.6. The molecule has 6 nitrogen and oxygen atoms in total. The second kappa shape index (κ2) is 9.83. The van der Waals surface area contributed by atoms with Crippen LogP contribution in [0.4, 0.5) is 0 Å². The van der Waals surface area contributed by atoms with Crippen molar-refractivity contribution in [2.24, 2.45) is 11.8 Å². The highest BCUT2D eigenvalue weighted by Crippen LogP contribution is 2.34. The minimum Gasteiger partial charge on any atom is -0.487 e. The SMILES string of the molecule is CC1CCCC1CCCCCc1nc2ccc(OCc3cnccn3)cc2[nH]c1=O. The van der Waals surface area contributed by atoms with E-state index in [2.05, 4.69) is 26.9 Å². The fourth-order valence-electron chi connectivity index (χ4n) is 4.45. The number of hydrogen-bond acceptors (Lipinski definition) is 5. The third-order valence-electron chi connectivity index (χ3n) is 6.26. The molecule has 1 saturated carbocycles. The molecule has 1 aliphatic carbocycles. The lowest BCUT2D eigenvalue weighted by atomic mass is 9.92. The van der Waals surface area contributed by atoms with E-state index in [4.69, 9.17) is 4.74 Å². The van der Waals surface area contributed by atoms with E-state index in [0.717, 1.165) is 42.3 Å². The van der Waals surface area contributed by atoms with E-state index < -0.39 is 0 Å². The first-order valence-corrected chi connectivity index (χ1v) is 11.1. The van der Waals surface area contributed by atoms with Crippen LogP contribution in [-0.2, 0) is 13.0 Å². The van der Waals surface area contributed by atoms with Crippen molar-refractivity contribution in [1.29, 1.82) is 0 Å². The van der Waals surface area contributed by atoms with Gasteiger partial charge in [0.2, 0.25) is 0 Å². The van der Waals surface area contributed by atoms with Crippen molar-refractivity contribution in [2.75, 3.05) is 0 Å². The maximum Gasteiger partial charge on any atom is 0.270 e. The van der Waals surface area contributed by atoms with Gasteiger partial charge >= 0.3 is 0 Å². The minimum atomic E-state index is -0.0991. The average Bonchev–Trinajstić information content (AvgIpc) is 3.17. The van der Waals surface area contributed by atoms with Crippen LogP contribution < -0.4 is 10.3 Å². The summed E-state index contributed by atoms with van der Waals surface area (Å²) in [5, 5.41) is 0. The zero-order chi connectivity index (χ0) is 20.8. The number of aryl methyl sites for hydroxylation is 1. The molecule has 0 amide bonds. The van der Waals surface area contributed by atoms with Gasteiger partial charge in [-0.25, -0.2) is 4.98 Å². The van der Waals surface area contributed by atoms with Crippen molar-refractivity contribution in [1.82, 2.24) is 19.9 Å². The largest absolute Gasteiger partial charge is 0.487 e. The number of nitrogens with zero attached hydrogens (tertiary/aromatic N) is 3. The summed E-state index contributed by atoms with van der Waals surface area (Å²) >= 11 is 0. The summed E-state index contributed by atoms with van der Waals surface area (Å²) in [6, 6.07) is 5.57. The van der Waals surface area contributed by atoms with Gasteiger partial charge in [-0.3, -0.25) is 14.8 Å². The monoisotopic (exact) mass is 406 g/mol. The van der Waals surface area contributed by atoms with Crippen LogP contribution in [-0.4, -0.2) is 19.9 Å². The van der Waals surface area contributed by atoms with Gasteiger partial charge in [0.15, 0.2) is 0 Å². The van der Waals surface area contributed by atoms with Gasteiger partial charge in [0.25, 0.3) is 5.56 Å². The van der Waals surface area contributed by atoms with Crippen LogP contribution in [0.5, 0.6) is 5.75 Å². The molecule has 1 N–H and O–H groups in total. The van der Waals surface area contributed by atoms with E-state index >= 15 is 0 Å². The minimum absolute atomic E-state index is 0.0991. The Morgan fingerprint density at radius 3 is 2.90 bits per heavy atom. The Hall–Kier alpha value is -2.76. The number of hydrogen-bond donors (Lipinski definition) is 1. The van der Waals surface area contributed by atoms with Gasteiger partial charge in [-0.15, -0.1) is 0 Å². The number of ether oxygens (including phenoxy) is 1. The number of rotatable bonds is 9. The Kier molecular flexibility index (Phi) is 6.72. The van der Waals surface area contributed by atoms with Crippen molar-refractivity contribution in [2.45, 2.75) is 64.9 Å². The first-order chi connectivity index (χ1) is 14.7. The molecule has 158 valence electrons. The third-order valence-corrected chi connectivity index (χ3v) is 6.26. The first kappa shape index (κ1) is 20.5. The number of nitrogens with one attached hydrogen (secondary N) is 1. The lowest BCUT2D eigenvalue weighted by Crippen LogP contribution is -2.15. The first-order valence-electron chi connectivity index (χ1n) is 11.1. The van der Waals surface area contributed by atoms with Crippen LogP contribution in [0.3, 0.4) is 0 Å². The summed E-state index contributed by atoms with van der Waals surface area (Å²) in [7, 11) is 0. The fourth-order valence-corrected chi connectivity index (χ4v) is 4.45. The second-order valence-corrected chi connectivity index (χ2v) is 8.44. The van der Waals surface area contributed by atoms with Gasteiger partial charge in [0, 0.05) is 18.5 Å². The molecule has 0 saturated heterocycles. The van der Waals surface area contributed by atoms with Crippen molar-refractivity contribution < 1.29 is 4.74 Å². The van der Waals surface area contributed by atoms with Crippen molar-refractivity contribution in [3.05, 3.63) is 58.5 Å². The zero-order valence-electron chi connectivity index (χ0n) is 17.6. The van der Waals surface area contributed by atoms with Gasteiger partial charge in [-0.2, -0.15) is 0 Å². The lowest BCUT2D eigenvalue weighted by molar-refractivity contribution is 0.301. The van der Waals surface area contributed by atoms with Crippen LogP contribution in [0.2, 0.25) is 0 Å². The topological polar surface area (TPSA) is 80.8 Å². The molecule has 0 bridgehead atoms. The highest BCUT2D eigenvalue weighted by Gasteiger charge is 2.22. The summed E-state index contributed by atoms with van der Waals surface area (Å²) in [5.41, 5.74) is 2.76. The van der Waals surface area contributed by atoms with Crippen LogP contribution >= 0.6 is 0 Å². The second-order valence-electron chi connectivity index (χ2n) is 8.44. The molecule has 2 atom stereocenters. The van der Waals surface area contributed by atoms with Crippen LogP contribution in [0.1, 0.15) is 63.3 Å². The fraction of sp³-hybridized carbons (Fsp3) is 0.500. The molecule has 4 rings (SSSR count). The predicted octanol–water partition coefficient (Wildman–Crippen LogP) is 4.83. The van der Waals surface area contributed by atoms with Gasteiger partial charge in [0.1, 0.15) is 18.1 Å².